The first kappa shape index (κ1) is 89.8. The highest BCUT2D eigenvalue weighted by molar-refractivity contribution is 4.96. The third-order valence-corrected chi connectivity index (χ3v) is 21.6. The smallest absolute Gasteiger partial charge is 0.0611 e. The molecule has 558 valence electrons. The molecule has 0 bridgehead atoms. The van der Waals surface area contributed by atoms with Crippen LogP contribution >= 0.6 is 0 Å². The number of nitrogens with zero attached hydrogens (tertiary/aromatic N) is 3. The monoisotopic (exact) mass is 1330 g/mol. The average Bonchev–Trinajstić information content (AvgIpc) is 2.01. The van der Waals surface area contributed by atoms with Gasteiger partial charge in [-0.2, -0.15) is 0 Å². The Balaban J connectivity index is 1.77. The molecule has 2 aliphatic rings. The second kappa shape index (κ2) is 72.5. The predicted octanol–water partition coefficient (Wildman–Crippen LogP) is 27.9. The lowest BCUT2D eigenvalue weighted by Gasteiger charge is -2.36. The van der Waals surface area contributed by atoms with Crippen molar-refractivity contribution in [1.82, 2.24) is 25.3 Å². The molecular weight excluding hydrogens is 1160 g/mol. The van der Waals surface area contributed by atoms with Crippen molar-refractivity contribution in [2.75, 3.05) is 46.9 Å². The second-order valence-electron chi connectivity index (χ2n) is 30.6. The van der Waals surface area contributed by atoms with Crippen LogP contribution in [0.2, 0.25) is 0 Å². The van der Waals surface area contributed by atoms with Crippen LogP contribution in [0.3, 0.4) is 0 Å². The van der Waals surface area contributed by atoms with Crippen LogP contribution in [0, 0.1) is 5.92 Å². The highest BCUT2D eigenvalue weighted by Crippen LogP contribution is 2.27. The fourth-order valence-corrected chi connectivity index (χ4v) is 15.0. The maximum absolute atomic E-state index is 4.00. The molecule has 0 amide bonds. The first-order valence-electron chi connectivity index (χ1n) is 43.3. The zero-order chi connectivity index (χ0) is 68.6. The number of piperidine rings is 1. The van der Waals surface area contributed by atoms with E-state index in [1.807, 2.05) is 0 Å². The van der Waals surface area contributed by atoms with Gasteiger partial charge in [-0.05, 0) is 226 Å². The van der Waals surface area contributed by atoms with Gasteiger partial charge in [0.25, 0.3) is 0 Å². The molecule has 0 aromatic carbocycles. The van der Waals surface area contributed by atoms with Gasteiger partial charge in [0.2, 0.25) is 0 Å². The Hall–Kier alpha value is -2.28. The molecule has 2 saturated heterocycles. The maximum atomic E-state index is 4.00. The topological polar surface area (TPSA) is 33.8 Å². The summed E-state index contributed by atoms with van der Waals surface area (Å²) in [4.78, 5) is 8.40. The Morgan fingerprint density at radius 2 is 0.625 bits per heavy atom. The molecule has 3 atom stereocenters. The summed E-state index contributed by atoms with van der Waals surface area (Å²) in [5, 5.41) is 7.99. The molecule has 3 unspecified atom stereocenters. The quantitative estimate of drug-likeness (QED) is 0.0469. The van der Waals surface area contributed by atoms with Crippen LogP contribution in [0.5, 0.6) is 0 Å². The van der Waals surface area contributed by atoms with Crippen molar-refractivity contribution in [3.05, 3.63) is 97.2 Å². The van der Waals surface area contributed by atoms with Gasteiger partial charge in [-0.25, -0.2) is 0 Å². The van der Waals surface area contributed by atoms with Gasteiger partial charge >= 0.3 is 0 Å². The molecule has 0 aromatic rings. The first-order valence-corrected chi connectivity index (χ1v) is 43.3. The summed E-state index contributed by atoms with van der Waals surface area (Å²) in [6.45, 7) is 15.2. The van der Waals surface area contributed by atoms with Gasteiger partial charge in [0.15, 0.2) is 0 Å². The van der Waals surface area contributed by atoms with Crippen LogP contribution in [-0.4, -0.2) is 85.9 Å². The molecule has 5 nitrogen and oxygen atoms in total. The number of rotatable bonds is 72. The van der Waals surface area contributed by atoms with Crippen molar-refractivity contribution < 1.29 is 0 Å². The Morgan fingerprint density at radius 3 is 0.958 bits per heavy atom. The number of nitrogens with one attached hydrogen (secondary N) is 2. The number of hydrogen-bond donors (Lipinski definition) is 2. The van der Waals surface area contributed by atoms with Gasteiger partial charge in [0.05, 0.1) is 6.17 Å². The molecule has 2 rings (SSSR count). The fraction of sp³-hybridized carbons (Fsp3) is 0.824. The molecule has 2 fully saturated rings. The number of unbranched alkanes of at least 4 members (excludes halogenated alkanes) is 37. The zero-order valence-corrected chi connectivity index (χ0v) is 65.7. The van der Waals surface area contributed by atoms with Crippen LogP contribution in [-0.2, 0) is 0 Å². The zero-order valence-electron chi connectivity index (χ0n) is 65.7. The van der Waals surface area contributed by atoms with Gasteiger partial charge in [-0.3, -0.25) is 4.90 Å². The largest absolute Gasteiger partial charge is 0.303 e. The van der Waals surface area contributed by atoms with Crippen LogP contribution in [0.4, 0.5) is 0 Å². The third-order valence-electron chi connectivity index (χ3n) is 21.6. The highest BCUT2D eigenvalue weighted by atomic mass is 15.4. The molecule has 2 N–H and O–H groups in total. The minimum Gasteiger partial charge on any atom is -0.303 e. The van der Waals surface area contributed by atoms with Crippen molar-refractivity contribution in [3.63, 3.8) is 0 Å². The normalized spacial score (nSPS) is 17.0. The molecule has 0 aromatic heterocycles. The van der Waals surface area contributed by atoms with Gasteiger partial charge in [-0.1, -0.05) is 318 Å². The van der Waals surface area contributed by atoms with E-state index >= 15 is 0 Å². The van der Waals surface area contributed by atoms with Crippen LogP contribution in [0.15, 0.2) is 97.2 Å². The van der Waals surface area contributed by atoms with Gasteiger partial charge < -0.3 is 20.4 Å². The molecule has 0 saturated carbocycles. The van der Waals surface area contributed by atoms with E-state index in [1.165, 1.54) is 379 Å². The van der Waals surface area contributed by atoms with Crippen molar-refractivity contribution in [2.24, 2.45) is 5.92 Å². The summed E-state index contributed by atoms with van der Waals surface area (Å²) in [7, 11) is 4.97. The fourth-order valence-electron chi connectivity index (χ4n) is 15.0. The lowest BCUT2D eigenvalue weighted by Crippen LogP contribution is -2.49. The van der Waals surface area contributed by atoms with Crippen LogP contribution in [0.25, 0.3) is 0 Å². The van der Waals surface area contributed by atoms with E-state index in [4.69, 9.17) is 0 Å². The van der Waals surface area contributed by atoms with Crippen LogP contribution < -0.4 is 10.6 Å². The van der Waals surface area contributed by atoms with Crippen molar-refractivity contribution in [1.29, 1.82) is 0 Å². The van der Waals surface area contributed by atoms with E-state index in [9.17, 15) is 0 Å². The molecule has 0 aliphatic carbocycles. The third kappa shape index (κ3) is 58.4. The summed E-state index contributed by atoms with van der Waals surface area (Å²) in [5.74, 6) is 0.869. The van der Waals surface area contributed by atoms with E-state index in [0.717, 1.165) is 50.4 Å². The Labute approximate surface area is 602 Å². The molecular formula is C91H169N5. The predicted molar refractivity (Wildman–Crippen MR) is 435 cm³/mol. The second-order valence-corrected chi connectivity index (χ2v) is 30.6. The molecule has 5 heteroatoms. The van der Waals surface area contributed by atoms with E-state index in [0.29, 0.717) is 12.2 Å². The van der Waals surface area contributed by atoms with E-state index in [1.54, 1.807) is 0 Å². The SMILES string of the molecule is CCCCC/C=C\C/C=C\CCCCCCCCC(CCCCCCCC/C=C\C/C=C\CCCCC)N(C)CCCCC1CCNC(N2CNC(CCCN(C)C(CCCCCCCC/C=C\C/C=C\CCCCC)CCCCCCCC/C=C\C/C=C\CCCCC)C2)C1. The van der Waals surface area contributed by atoms with E-state index in [2.05, 4.69) is 164 Å². The maximum Gasteiger partial charge on any atom is 0.0611 e. The van der Waals surface area contributed by atoms with Crippen molar-refractivity contribution in [3.8, 4) is 0 Å². The summed E-state index contributed by atoms with van der Waals surface area (Å²) < 4.78 is 0. The highest BCUT2D eigenvalue weighted by Gasteiger charge is 2.31. The Bertz CT molecular complexity index is 1730. The van der Waals surface area contributed by atoms with Gasteiger partial charge in [0.1, 0.15) is 0 Å². The molecule has 2 heterocycles. The minimum absolute atomic E-state index is 0.548. The Kier molecular flexibility index (Phi) is 67.8. The lowest BCUT2D eigenvalue weighted by molar-refractivity contribution is 0.129. The summed E-state index contributed by atoms with van der Waals surface area (Å²) in [5.41, 5.74) is 0. The number of hydrogen-bond acceptors (Lipinski definition) is 5. The van der Waals surface area contributed by atoms with E-state index in [-0.39, 0.29) is 0 Å². The van der Waals surface area contributed by atoms with Crippen molar-refractivity contribution in [2.45, 2.75) is 431 Å². The summed E-state index contributed by atoms with van der Waals surface area (Å²) in [6.07, 6.45) is 118. The van der Waals surface area contributed by atoms with Crippen LogP contribution in [0.1, 0.15) is 407 Å². The Morgan fingerprint density at radius 1 is 0.323 bits per heavy atom. The van der Waals surface area contributed by atoms with E-state index < -0.39 is 0 Å². The summed E-state index contributed by atoms with van der Waals surface area (Å²) in [6, 6.07) is 2.14. The molecule has 0 spiro atoms. The lowest BCUT2D eigenvalue weighted by atomic mass is 9.90. The average molecular weight is 1330 g/mol. The standard InChI is InChI=1S/C91H169N5/c1-7-11-15-19-23-27-31-35-39-43-47-51-55-59-63-67-76-89(77-68-64-60-56-52-48-44-40-36-32-28-24-20-16-12-8-2)94(5)82-72-71-74-87-80-81-92-91(84-87)96-85-88(93-86-96)75-73-83-95(6)90(78-69-65-61-57-53-49-45-41-37-33-29-25-21-17-13-9-3)79-70-66-62-58-54-50-46-42-38-34-30-26-22-18-14-10-4/h23-30,35-42,87-93H,7-22,31-34,43-86H2,1-6H3/b27-23-,28-24-,29-25-,30-26-,39-35-,40-36-,41-37-,42-38-. The van der Waals surface area contributed by atoms with Gasteiger partial charge in [0, 0.05) is 31.3 Å². The molecule has 0 radical (unpaired) electrons. The van der Waals surface area contributed by atoms with Crippen molar-refractivity contribution >= 4 is 0 Å². The molecule has 96 heavy (non-hydrogen) atoms. The first-order chi connectivity index (χ1) is 47.5. The van der Waals surface area contributed by atoms with Gasteiger partial charge in [-0.15, -0.1) is 0 Å². The minimum atomic E-state index is 0.548. The number of allylic oxidation sites excluding steroid dienone is 16. The molecule has 2 aliphatic heterocycles. The summed E-state index contributed by atoms with van der Waals surface area (Å²) >= 11 is 0.